The van der Waals surface area contributed by atoms with E-state index in [4.69, 9.17) is 4.74 Å². The SMILES string of the molecule is COc1ccc(-n2c(=O)[nH]c3cccnc32)cc1F. The van der Waals surface area contributed by atoms with Crippen molar-refractivity contribution in [2.45, 2.75) is 0 Å². The van der Waals surface area contributed by atoms with Crippen molar-refractivity contribution in [2.24, 2.45) is 0 Å². The highest BCUT2D eigenvalue weighted by molar-refractivity contribution is 5.72. The van der Waals surface area contributed by atoms with Crippen LogP contribution in [0, 0.1) is 5.82 Å². The van der Waals surface area contributed by atoms with Gasteiger partial charge in [-0.1, -0.05) is 0 Å². The Labute approximate surface area is 107 Å². The van der Waals surface area contributed by atoms with Gasteiger partial charge in [0.2, 0.25) is 0 Å². The third-order valence-corrected chi connectivity index (χ3v) is 2.84. The number of hydrogen-bond donors (Lipinski definition) is 1. The summed E-state index contributed by atoms with van der Waals surface area (Å²) in [5.74, 6) is -0.401. The number of ether oxygens (including phenoxy) is 1. The van der Waals surface area contributed by atoms with Crippen molar-refractivity contribution in [2.75, 3.05) is 7.11 Å². The van der Waals surface area contributed by atoms with Crippen LogP contribution in [0.25, 0.3) is 16.9 Å². The normalized spacial score (nSPS) is 10.8. The number of rotatable bonds is 2. The average molecular weight is 259 g/mol. The Hall–Kier alpha value is -2.63. The molecule has 3 aromatic rings. The minimum absolute atomic E-state index is 0.129. The summed E-state index contributed by atoms with van der Waals surface area (Å²) < 4.78 is 19.9. The lowest BCUT2D eigenvalue weighted by molar-refractivity contribution is 0.386. The quantitative estimate of drug-likeness (QED) is 0.764. The summed E-state index contributed by atoms with van der Waals surface area (Å²) in [7, 11) is 1.39. The summed E-state index contributed by atoms with van der Waals surface area (Å²) in [6, 6.07) is 7.77. The Balaban J connectivity index is 2.27. The van der Waals surface area contributed by atoms with Gasteiger partial charge in [0.05, 0.1) is 18.3 Å². The van der Waals surface area contributed by atoms with E-state index in [1.807, 2.05) is 0 Å². The number of aromatic nitrogens is 3. The van der Waals surface area contributed by atoms with E-state index in [-0.39, 0.29) is 11.4 Å². The smallest absolute Gasteiger partial charge is 0.332 e. The lowest BCUT2D eigenvalue weighted by Crippen LogP contribution is -2.15. The van der Waals surface area contributed by atoms with Crippen molar-refractivity contribution in [3.05, 3.63) is 52.8 Å². The van der Waals surface area contributed by atoms with Gasteiger partial charge in [-0.25, -0.2) is 18.7 Å². The zero-order chi connectivity index (χ0) is 13.4. The Bertz CT molecular complexity index is 807. The lowest BCUT2D eigenvalue weighted by atomic mass is 10.3. The Morgan fingerprint density at radius 1 is 1.37 bits per heavy atom. The minimum Gasteiger partial charge on any atom is -0.494 e. The van der Waals surface area contributed by atoms with Crippen molar-refractivity contribution < 1.29 is 9.13 Å². The zero-order valence-electron chi connectivity index (χ0n) is 10.1. The van der Waals surface area contributed by atoms with Crippen molar-refractivity contribution >= 4 is 11.2 Å². The number of aromatic amines is 1. The molecule has 0 amide bonds. The van der Waals surface area contributed by atoms with E-state index in [2.05, 4.69) is 9.97 Å². The van der Waals surface area contributed by atoms with Crippen LogP contribution in [0.3, 0.4) is 0 Å². The first-order valence-corrected chi connectivity index (χ1v) is 5.60. The summed E-state index contributed by atoms with van der Waals surface area (Å²) in [6.07, 6.45) is 1.58. The molecule has 0 radical (unpaired) electrons. The highest BCUT2D eigenvalue weighted by atomic mass is 19.1. The van der Waals surface area contributed by atoms with Crippen LogP contribution in [-0.4, -0.2) is 21.6 Å². The molecule has 0 atom stereocenters. The van der Waals surface area contributed by atoms with Gasteiger partial charge in [0, 0.05) is 12.3 Å². The number of benzene rings is 1. The molecule has 2 aromatic heterocycles. The predicted molar refractivity (Wildman–Crippen MR) is 68.2 cm³/mol. The first-order valence-electron chi connectivity index (χ1n) is 5.60. The number of imidazole rings is 1. The maximum Gasteiger partial charge on any atom is 0.332 e. The highest BCUT2D eigenvalue weighted by Crippen LogP contribution is 2.21. The van der Waals surface area contributed by atoms with Crippen molar-refractivity contribution in [1.82, 2.24) is 14.5 Å². The second-order valence-electron chi connectivity index (χ2n) is 3.96. The molecule has 0 fully saturated rings. The molecule has 0 saturated heterocycles. The molecule has 0 bridgehead atoms. The molecule has 0 spiro atoms. The second kappa shape index (κ2) is 4.24. The predicted octanol–water partition coefficient (Wildman–Crippen LogP) is 1.86. The topological polar surface area (TPSA) is 59.9 Å². The highest BCUT2D eigenvalue weighted by Gasteiger charge is 2.11. The van der Waals surface area contributed by atoms with Crippen LogP contribution in [0.5, 0.6) is 5.75 Å². The molecular formula is C13H10FN3O2. The third kappa shape index (κ3) is 1.77. The molecular weight excluding hydrogens is 249 g/mol. The zero-order valence-corrected chi connectivity index (χ0v) is 10.1. The maximum atomic E-state index is 13.7. The van der Waals surface area contributed by atoms with Crippen molar-refractivity contribution in [1.29, 1.82) is 0 Å². The number of halogens is 1. The van der Waals surface area contributed by atoms with E-state index in [9.17, 15) is 9.18 Å². The van der Waals surface area contributed by atoms with E-state index in [1.165, 1.54) is 23.8 Å². The lowest BCUT2D eigenvalue weighted by Gasteiger charge is -2.05. The fourth-order valence-electron chi connectivity index (χ4n) is 1.97. The van der Waals surface area contributed by atoms with Gasteiger partial charge in [-0.3, -0.25) is 0 Å². The summed E-state index contributed by atoms with van der Waals surface area (Å²) in [6.45, 7) is 0. The standard InChI is InChI=1S/C13H10FN3O2/c1-19-11-5-4-8(7-9(11)14)17-12-10(16-13(17)18)3-2-6-15-12/h2-7H,1H3,(H,16,18). The molecule has 1 aromatic carbocycles. The maximum absolute atomic E-state index is 13.7. The van der Waals surface area contributed by atoms with E-state index in [1.54, 1.807) is 24.4 Å². The molecule has 1 N–H and O–H groups in total. The number of H-pyrrole nitrogens is 1. The van der Waals surface area contributed by atoms with E-state index in [0.717, 1.165) is 0 Å². The molecule has 0 saturated carbocycles. The van der Waals surface area contributed by atoms with Gasteiger partial charge in [0.1, 0.15) is 0 Å². The van der Waals surface area contributed by atoms with Crippen LogP contribution in [0.15, 0.2) is 41.3 Å². The molecule has 0 aliphatic rings. The van der Waals surface area contributed by atoms with Crippen molar-refractivity contribution in [3.63, 3.8) is 0 Å². The molecule has 0 unspecified atom stereocenters. The summed E-state index contributed by atoms with van der Waals surface area (Å²) >= 11 is 0. The first kappa shape index (κ1) is 11.5. The van der Waals surface area contributed by atoms with Gasteiger partial charge in [0.15, 0.2) is 17.2 Å². The fourth-order valence-corrected chi connectivity index (χ4v) is 1.97. The monoisotopic (exact) mass is 259 g/mol. The van der Waals surface area contributed by atoms with E-state index >= 15 is 0 Å². The Kier molecular flexibility index (Phi) is 2.56. The average Bonchev–Trinajstić information content (AvgIpc) is 2.74. The number of pyridine rings is 1. The molecule has 0 aliphatic carbocycles. The van der Waals surface area contributed by atoms with E-state index in [0.29, 0.717) is 16.9 Å². The van der Waals surface area contributed by atoms with Gasteiger partial charge in [-0.2, -0.15) is 0 Å². The number of hydrogen-bond acceptors (Lipinski definition) is 3. The number of fused-ring (bicyclic) bond motifs is 1. The Morgan fingerprint density at radius 3 is 2.95 bits per heavy atom. The molecule has 3 rings (SSSR count). The van der Waals surface area contributed by atoms with Crippen LogP contribution in [0.4, 0.5) is 4.39 Å². The van der Waals surface area contributed by atoms with Crippen LogP contribution in [-0.2, 0) is 0 Å². The first-order chi connectivity index (χ1) is 9.20. The van der Waals surface area contributed by atoms with Crippen LogP contribution in [0.2, 0.25) is 0 Å². The minimum atomic E-state index is -0.530. The number of nitrogens with one attached hydrogen (secondary N) is 1. The number of nitrogens with zero attached hydrogens (tertiary/aromatic N) is 2. The molecule has 19 heavy (non-hydrogen) atoms. The fraction of sp³-hybridized carbons (Fsp3) is 0.0769. The van der Waals surface area contributed by atoms with Gasteiger partial charge in [-0.05, 0) is 24.3 Å². The van der Waals surface area contributed by atoms with E-state index < -0.39 is 5.82 Å². The van der Waals surface area contributed by atoms with Crippen LogP contribution in [0.1, 0.15) is 0 Å². The third-order valence-electron chi connectivity index (χ3n) is 2.84. The van der Waals surface area contributed by atoms with Crippen molar-refractivity contribution in [3.8, 4) is 11.4 Å². The van der Waals surface area contributed by atoms with Crippen LogP contribution >= 0.6 is 0 Å². The molecule has 6 heteroatoms. The largest absolute Gasteiger partial charge is 0.494 e. The summed E-state index contributed by atoms with van der Waals surface area (Å²) in [5.41, 5.74) is 1.09. The Morgan fingerprint density at radius 2 is 2.21 bits per heavy atom. The van der Waals surface area contributed by atoms with Crippen LogP contribution < -0.4 is 10.4 Å². The molecule has 2 heterocycles. The molecule has 96 valence electrons. The summed E-state index contributed by atoms with van der Waals surface area (Å²) in [4.78, 5) is 18.7. The van der Waals surface area contributed by atoms with Gasteiger partial charge < -0.3 is 9.72 Å². The van der Waals surface area contributed by atoms with Gasteiger partial charge >= 0.3 is 5.69 Å². The molecule has 0 aliphatic heterocycles. The number of methoxy groups -OCH3 is 1. The second-order valence-corrected chi connectivity index (χ2v) is 3.96. The van der Waals surface area contributed by atoms with Gasteiger partial charge in [0.25, 0.3) is 0 Å². The molecule has 5 nitrogen and oxygen atoms in total. The summed E-state index contributed by atoms with van der Waals surface area (Å²) in [5, 5.41) is 0. The van der Waals surface area contributed by atoms with Gasteiger partial charge in [-0.15, -0.1) is 0 Å².